The number of rotatable bonds is 5. The molecule has 0 atom stereocenters. The van der Waals surface area contributed by atoms with Crippen LogP contribution in [0.25, 0.3) is 11.0 Å². The van der Waals surface area contributed by atoms with Crippen LogP contribution in [0.15, 0.2) is 30.5 Å². The zero-order chi connectivity index (χ0) is 20.3. The first-order valence-electron chi connectivity index (χ1n) is 10.7. The van der Waals surface area contributed by atoms with Crippen molar-refractivity contribution in [3.63, 3.8) is 0 Å². The Morgan fingerprint density at radius 1 is 1.03 bits per heavy atom. The first kappa shape index (κ1) is 19.1. The molecule has 158 valence electrons. The molecule has 30 heavy (non-hydrogen) atoms. The van der Waals surface area contributed by atoms with Crippen LogP contribution in [-0.4, -0.2) is 58.6 Å². The van der Waals surface area contributed by atoms with Crippen LogP contribution >= 0.6 is 0 Å². The lowest BCUT2D eigenvalue weighted by molar-refractivity contribution is 0.122. The van der Waals surface area contributed by atoms with Crippen molar-refractivity contribution in [3.8, 4) is 0 Å². The molecule has 9 nitrogen and oxygen atoms in total. The smallest absolute Gasteiger partial charge is 0.231 e. The molecule has 1 saturated heterocycles. The number of H-pyrrole nitrogens is 1. The quantitative estimate of drug-likeness (QED) is 0.509. The van der Waals surface area contributed by atoms with E-state index in [0.717, 1.165) is 68.9 Å². The summed E-state index contributed by atoms with van der Waals surface area (Å²) < 4.78 is 5.43. The summed E-state index contributed by atoms with van der Waals surface area (Å²) >= 11 is 0. The molecule has 5 N–H and O–H groups in total. The van der Waals surface area contributed by atoms with Crippen molar-refractivity contribution in [3.05, 3.63) is 30.5 Å². The number of aromatic nitrogens is 4. The van der Waals surface area contributed by atoms with Crippen LogP contribution in [0.2, 0.25) is 0 Å². The van der Waals surface area contributed by atoms with Crippen LogP contribution in [0.1, 0.15) is 25.7 Å². The Bertz CT molecular complexity index is 974. The van der Waals surface area contributed by atoms with Gasteiger partial charge in [0.1, 0.15) is 5.82 Å². The second-order valence-electron chi connectivity index (χ2n) is 8.06. The van der Waals surface area contributed by atoms with E-state index in [0.29, 0.717) is 23.7 Å². The molecule has 0 amide bonds. The highest BCUT2D eigenvalue weighted by molar-refractivity contribution is 5.87. The SMILES string of the molecule is N[C@H]1CC[C@@H](Nc2nc(Nc3ccc(N4CCOCC4)cc3)nc3[nH]ncc23)CC1. The van der Waals surface area contributed by atoms with Gasteiger partial charge < -0.3 is 26.0 Å². The maximum atomic E-state index is 6.04. The summed E-state index contributed by atoms with van der Waals surface area (Å²) in [6.07, 6.45) is 5.95. The molecule has 1 aliphatic carbocycles. The number of nitrogens with zero attached hydrogens (tertiary/aromatic N) is 4. The van der Waals surface area contributed by atoms with Crippen molar-refractivity contribution in [1.82, 2.24) is 20.2 Å². The number of benzene rings is 1. The van der Waals surface area contributed by atoms with Gasteiger partial charge in [0.15, 0.2) is 5.65 Å². The number of morpholine rings is 1. The lowest BCUT2D eigenvalue weighted by atomic mass is 9.92. The van der Waals surface area contributed by atoms with Crippen molar-refractivity contribution in [2.45, 2.75) is 37.8 Å². The minimum atomic E-state index is 0.319. The molecule has 3 heterocycles. The van der Waals surface area contributed by atoms with Gasteiger partial charge in [0.05, 0.1) is 24.8 Å². The van der Waals surface area contributed by atoms with E-state index >= 15 is 0 Å². The predicted octanol–water partition coefficient (Wildman–Crippen LogP) is 2.61. The standard InChI is InChI=1S/C21H28N8O/c22-14-1-3-15(4-2-14)24-19-18-13-23-28-20(18)27-21(26-19)25-16-5-7-17(8-6-16)29-9-11-30-12-10-29/h5-8,13-15H,1-4,9-12,22H2,(H3,23,24,25,26,27,28)/t14-,15+. The van der Waals surface area contributed by atoms with Gasteiger partial charge in [-0.15, -0.1) is 0 Å². The van der Waals surface area contributed by atoms with Crippen LogP contribution in [0.4, 0.5) is 23.1 Å². The summed E-state index contributed by atoms with van der Waals surface area (Å²) in [6, 6.07) is 9.04. The number of anilines is 4. The van der Waals surface area contributed by atoms with E-state index in [4.69, 9.17) is 15.5 Å². The third-order valence-electron chi connectivity index (χ3n) is 5.92. The molecule has 1 aromatic carbocycles. The second kappa shape index (κ2) is 8.45. The molecule has 3 aromatic rings. The predicted molar refractivity (Wildman–Crippen MR) is 118 cm³/mol. The van der Waals surface area contributed by atoms with E-state index in [2.05, 4.69) is 55.0 Å². The Morgan fingerprint density at radius 3 is 2.57 bits per heavy atom. The summed E-state index contributed by atoms with van der Waals surface area (Å²) in [7, 11) is 0. The molecule has 1 aliphatic heterocycles. The second-order valence-corrected chi connectivity index (χ2v) is 8.06. The average Bonchev–Trinajstić information content (AvgIpc) is 3.25. The van der Waals surface area contributed by atoms with E-state index in [1.54, 1.807) is 6.20 Å². The number of nitrogens with one attached hydrogen (secondary N) is 3. The fourth-order valence-corrected chi connectivity index (χ4v) is 4.16. The Kier molecular flexibility index (Phi) is 5.37. The summed E-state index contributed by atoms with van der Waals surface area (Å²) in [5.41, 5.74) is 8.91. The molecular weight excluding hydrogens is 380 g/mol. The van der Waals surface area contributed by atoms with Crippen molar-refractivity contribution < 1.29 is 4.74 Å². The Hall–Kier alpha value is -2.91. The van der Waals surface area contributed by atoms with E-state index < -0.39 is 0 Å². The maximum absolute atomic E-state index is 6.04. The number of hydrogen-bond acceptors (Lipinski definition) is 8. The molecule has 0 radical (unpaired) electrons. The lowest BCUT2D eigenvalue weighted by Gasteiger charge is -2.29. The summed E-state index contributed by atoms with van der Waals surface area (Å²) in [5, 5.41) is 14.9. The number of aromatic amines is 1. The summed E-state index contributed by atoms with van der Waals surface area (Å²) in [5.74, 6) is 1.35. The van der Waals surface area contributed by atoms with Gasteiger partial charge in [-0.05, 0) is 49.9 Å². The topological polar surface area (TPSA) is 117 Å². The van der Waals surface area contributed by atoms with Gasteiger partial charge >= 0.3 is 0 Å². The number of hydrogen-bond donors (Lipinski definition) is 4. The third kappa shape index (κ3) is 4.17. The number of ether oxygens (including phenoxy) is 1. The molecule has 0 unspecified atom stereocenters. The zero-order valence-corrected chi connectivity index (χ0v) is 17.0. The first-order valence-corrected chi connectivity index (χ1v) is 10.7. The van der Waals surface area contributed by atoms with Crippen LogP contribution < -0.4 is 21.3 Å². The first-order chi connectivity index (χ1) is 14.7. The summed E-state index contributed by atoms with van der Waals surface area (Å²) in [6.45, 7) is 3.41. The van der Waals surface area contributed by atoms with Crippen LogP contribution in [0.5, 0.6) is 0 Å². The highest BCUT2D eigenvalue weighted by Gasteiger charge is 2.20. The van der Waals surface area contributed by atoms with E-state index in [1.165, 1.54) is 5.69 Å². The van der Waals surface area contributed by atoms with E-state index in [1.807, 2.05) is 0 Å². The Labute approximate surface area is 175 Å². The number of fused-ring (bicyclic) bond motifs is 1. The Balaban J connectivity index is 1.33. The van der Waals surface area contributed by atoms with Crippen molar-refractivity contribution in [1.29, 1.82) is 0 Å². The normalized spacial score (nSPS) is 22.2. The van der Waals surface area contributed by atoms with Gasteiger partial charge in [-0.1, -0.05) is 0 Å². The third-order valence-corrected chi connectivity index (χ3v) is 5.92. The fraction of sp³-hybridized carbons (Fsp3) is 0.476. The maximum Gasteiger partial charge on any atom is 0.231 e. The lowest BCUT2D eigenvalue weighted by Crippen LogP contribution is -2.36. The van der Waals surface area contributed by atoms with Gasteiger partial charge in [-0.3, -0.25) is 5.10 Å². The van der Waals surface area contributed by atoms with Crippen LogP contribution in [0.3, 0.4) is 0 Å². The molecule has 2 aliphatic rings. The molecular formula is C21H28N8O. The van der Waals surface area contributed by atoms with E-state index in [9.17, 15) is 0 Å². The van der Waals surface area contributed by atoms with Gasteiger partial charge in [-0.2, -0.15) is 15.1 Å². The molecule has 0 spiro atoms. The van der Waals surface area contributed by atoms with Crippen LogP contribution in [-0.2, 0) is 4.74 Å². The Morgan fingerprint density at radius 2 is 1.80 bits per heavy atom. The van der Waals surface area contributed by atoms with Crippen molar-refractivity contribution >= 4 is 34.2 Å². The zero-order valence-electron chi connectivity index (χ0n) is 17.0. The van der Waals surface area contributed by atoms with E-state index in [-0.39, 0.29) is 0 Å². The average molecular weight is 409 g/mol. The molecule has 5 rings (SSSR count). The van der Waals surface area contributed by atoms with Gasteiger partial charge in [0, 0.05) is 36.5 Å². The molecule has 1 saturated carbocycles. The minimum Gasteiger partial charge on any atom is -0.378 e. The minimum absolute atomic E-state index is 0.319. The highest BCUT2D eigenvalue weighted by Crippen LogP contribution is 2.27. The fourth-order valence-electron chi connectivity index (χ4n) is 4.16. The summed E-state index contributed by atoms with van der Waals surface area (Å²) in [4.78, 5) is 11.7. The van der Waals surface area contributed by atoms with Gasteiger partial charge in [0.25, 0.3) is 0 Å². The number of nitrogens with two attached hydrogens (primary N) is 1. The van der Waals surface area contributed by atoms with Crippen LogP contribution in [0, 0.1) is 0 Å². The van der Waals surface area contributed by atoms with Gasteiger partial charge in [0.2, 0.25) is 5.95 Å². The monoisotopic (exact) mass is 408 g/mol. The van der Waals surface area contributed by atoms with Crippen molar-refractivity contribution in [2.75, 3.05) is 41.8 Å². The highest BCUT2D eigenvalue weighted by atomic mass is 16.5. The molecule has 9 heteroatoms. The largest absolute Gasteiger partial charge is 0.378 e. The van der Waals surface area contributed by atoms with Crippen molar-refractivity contribution in [2.24, 2.45) is 5.73 Å². The molecule has 0 bridgehead atoms. The van der Waals surface area contributed by atoms with Gasteiger partial charge in [-0.25, -0.2) is 0 Å². The molecule has 2 aromatic heterocycles. The molecule has 2 fully saturated rings.